The molecule has 4 heteroatoms. The summed E-state index contributed by atoms with van der Waals surface area (Å²) >= 11 is 0. The number of halogens is 2. The molecule has 1 aromatic carbocycles. The summed E-state index contributed by atoms with van der Waals surface area (Å²) in [6.45, 7) is 0.694. The summed E-state index contributed by atoms with van der Waals surface area (Å²) in [7, 11) is 0. The van der Waals surface area contributed by atoms with Crippen LogP contribution in [0.4, 0.5) is 8.78 Å². The number of hydrogen-bond acceptors (Lipinski definition) is 1. The summed E-state index contributed by atoms with van der Waals surface area (Å²) in [6, 6.07) is 4.02. The third kappa shape index (κ3) is 2.24. The first-order valence-corrected chi connectivity index (χ1v) is 6.42. The van der Waals surface area contributed by atoms with E-state index in [1.165, 1.54) is 12.1 Å². The summed E-state index contributed by atoms with van der Waals surface area (Å²) < 4.78 is 26.8. The Morgan fingerprint density at radius 1 is 1.22 bits per heavy atom. The molecule has 0 unspecified atom stereocenters. The van der Waals surface area contributed by atoms with E-state index in [1.807, 2.05) is 0 Å². The van der Waals surface area contributed by atoms with Gasteiger partial charge in [-0.15, -0.1) is 0 Å². The molecule has 0 spiro atoms. The van der Waals surface area contributed by atoms with E-state index in [1.54, 1.807) is 4.90 Å². The first-order valence-electron chi connectivity index (χ1n) is 6.42. The minimum absolute atomic E-state index is 0.137. The number of nitrogens with zero attached hydrogens (tertiary/aromatic N) is 1. The number of rotatable bonds is 4. The number of benzene rings is 1. The van der Waals surface area contributed by atoms with Crippen molar-refractivity contribution in [3.63, 3.8) is 0 Å². The van der Waals surface area contributed by atoms with Gasteiger partial charge in [0.2, 0.25) is 0 Å². The van der Waals surface area contributed by atoms with E-state index in [0.29, 0.717) is 12.5 Å². The molecule has 2 fully saturated rings. The quantitative estimate of drug-likeness (QED) is 0.805. The van der Waals surface area contributed by atoms with E-state index >= 15 is 0 Å². The normalized spacial score (nSPS) is 18.8. The number of carbonyl (C=O) groups is 1. The van der Waals surface area contributed by atoms with Crippen LogP contribution in [0.25, 0.3) is 0 Å². The van der Waals surface area contributed by atoms with Crippen molar-refractivity contribution in [1.82, 2.24) is 4.90 Å². The Kier molecular flexibility index (Phi) is 2.80. The fourth-order valence-corrected chi connectivity index (χ4v) is 2.19. The van der Waals surface area contributed by atoms with E-state index in [-0.39, 0.29) is 17.5 Å². The lowest BCUT2D eigenvalue weighted by Gasteiger charge is -2.22. The van der Waals surface area contributed by atoms with Crippen molar-refractivity contribution in [2.75, 3.05) is 6.54 Å². The predicted octanol–water partition coefficient (Wildman–Crippen LogP) is 2.98. The van der Waals surface area contributed by atoms with Crippen molar-refractivity contribution in [2.45, 2.75) is 31.7 Å². The molecule has 3 rings (SSSR count). The molecule has 0 N–H and O–H groups in total. The molecule has 0 heterocycles. The molecular formula is C14H15F2NO. The van der Waals surface area contributed by atoms with Crippen LogP contribution in [0.5, 0.6) is 0 Å². The van der Waals surface area contributed by atoms with Gasteiger partial charge >= 0.3 is 0 Å². The first kappa shape index (κ1) is 11.6. The van der Waals surface area contributed by atoms with Crippen molar-refractivity contribution < 1.29 is 13.6 Å². The van der Waals surface area contributed by atoms with Crippen LogP contribution in [-0.2, 0) is 0 Å². The van der Waals surface area contributed by atoms with Gasteiger partial charge in [0.15, 0.2) is 11.6 Å². The summed E-state index contributed by atoms with van der Waals surface area (Å²) in [6.07, 6.45) is 4.25. The lowest BCUT2D eigenvalue weighted by molar-refractivity contribution is 0.0729. The van der Waals surface area contributed by atoms with Crippen LogP contribution in [0, 0.1) is 17.6 Å². The van der Waals surface area contributed by atoms with Crippen LogP contribution in [0.3, 0.4) is 0 Å². The Balaban J connectivity index is 1.84. The van der Waals surface area contributed by atoms with Crippen LogP contribution < -0.4 is 0 Å². The highest BCUT2D eigenvalue weighted by atomic mass is 19.2. The second kappa shape index (κ2) is 4.34. The molecule has 18 heavy (non-hydrogen) atoms. The molecule has 2 aliphatic carbocycles. The molecule has 2 aliphatic rings. The molecule has 0 atom stereocenters. The Morgan fingerprint density at radius 2 is 1.94 bits per heavy atom. The Morgan fingerprint density at radius 3 is 2.56 bits per heavy atom. The van der Waals surface area contributed by atoms with E-state index in [9.17, 15) is 13.6 Å². The summed E-state index contributed by atoms with van der Waals surface area (Å²) in [5, 5.41) is 0. The predicted molar refractivity (Wildman–Crippen MR) is 63.1 cm³/mol. The minimum Gasteiger partial charge on any atom is -0.335 e. The summed E-state index contributed by atoms with van der Waals surface area (Å²) in [5.41, 5.74) is -0.137. The zero-order valence-electron chi connectivity index (χ0n) is 10.0. The van der Waals surface area contributed by atoms with Gasteiger partial charge in [-0.1, -0.05) is 6.07 Å². The maximum absolute atomic E-state index is 13.6. The van der Waals surface area contributed by atoms with Gasteiger partial charge in [0.05, 0.1) is 5.56 Å². The van der Waals surface area contributed by atoms with Crippen LogP contribution in [0.2, 0.25) is 0 Å². The average Bonchev–Trinajstić information content (AvgIpc) is 3.22. The third-order valence-electron chi connectivity index (χ3n) is 3.58. The smallest absolute Gasteiger partial charge is 0.257 e. The van der Waals surface area contributed by atoms with Crippen LogP contribution in [0.1, 0.15) is 36.0 Å². The van der Waals surface area contributed by atoms with Crippen LogP contribution in [-0.4, -0.2) is 23.4 Å². The van der Waals surface area contributed by atoms with Gasteiger partial charge in [-0.05, 0) is 43.7 Å². The highest BCUT2D eigenvalue weighted by molar-refractivity contribution is 5.95. The SMILES string of the molecule is O=C(c1cccc(F)c1F)N(CC1CC1)C1CC1. The third-order valence-corrected chi connectivity index (χ3v) is 3.58. The number of hydrogen-bond donors (Lipinski definition) is 0. The molecular weight excluding hydrogens is 236 g/mol. The lowest BCUT2D eigenvalue weighted by Crippen LogP contribution is -2.35. The van der Waals surface area contributed by atoms with Gasteiger partial charge in [-0.25, -0.2) is 8.78 Å². The molecule has 0 bridgehead atoms. The molecule has 0 saturated heterocycles. The summed E-state index contributed by atoms with van der Waals surface area (Å²) in [4.78, 5) is 14.0. The van der Waals surface area contributed by atoms with Crippen molar-refractivity contribution in [3.05, 3.63) is 35.4 Å². The Labute approximate surface area is 105 Å². The van der Waals surface area contributed by atoms with Gasteiger partial charge in [0.25, 0.3) is 5.91 Å². The molecule has 2 saturated carbocycles. The van der Waals surface area contributed by atoms with Gasteiger partial charge in [-0.3, -0.25) is 4.79 Å². The fourth-order valence-electron chi connectivity index (χ4n) is 2.19. The maximum Gasteiger partial charge on any atom is 0.257 e. The van der Waals surface area contributed by atoms with Gasteiger partial charge < -0.3 is 4.90 Å². The minimum atomic E-state index is -1.02. The Bertz CT molecular complexity index is 481. The second-order valence-corrected chi connectivity index (χ2v) is 5.23. The number of carbonyl (C=O) groups excluding carboxylic acids is 1. The maximum atomic E-state index is 13.6. The van der Waals surface area contributed by atoms with Crippen molar-refractivity contribution >= 4 is 5.91 Å². The van der Waals surface area contributed by atoms with Crippen molar-refractivity contribution in [1.29, 1.82) is 0 Å². The molecule has 96 valence electrons. The highest BCUT2D eigenvalue weighted by Crippen LogP contribution is 2.35. The molecule has 2 nitrogen and oxygen atoms in total. The number of amides is 1. The average molecular weight is 251 g/mol. The standard InChI is InChI=1S/C14H15F2NO/c15-12-3-1-2-11(13(12)16)14(18)17(10-6-7-10)8-9-4-5-9/h1-3,9-10H,4-8H2. The first-order chi connectivity index (χ1) is 8.66. The lowest BCUT2D eigenvalue weighted by atomic mass is 10.1. The monoisotopic (exact) mass is 251 g/mol. The highest BCUT2D eigenvalue weighted by Gasteiger charge is 2.37. The van der Waals surface area contributed by atoms with Crippen molar-refractivity contribution in [2.24, 2.45) is 5.92 Å². The molecule has 0 radical (unpaired) electrons. The molecule has 1 amide bonds. The molecule has 0 aliphatic heterocycles. The van der Waals surface area contributed by atoms with Crippen LogP contribution in [0.15, 0.2) is 18.2 Å². The van der Waals surface area contributed by atoms with E-state index < -0.39 is 11.6 Å². The van der Waals surface area contributed by atoms with Gasteiger partial charge in [0.1, 0.15) is 0 Å². The van der Waals surface area contributed by atoms with E-state index in [4.69, 9.17) is 0 Å². The van der Waals surface area contributed by atoms with Crippen molar-refractivity contribution in [3.8, 4) is 0 Å². The van der Waals surface area contributed by atoms with Gasteiger partial charge in [-0.2, -0.15) is 0 Å². The van der Waals surface area contributed by atoms with E-state index in [0.717, 1.165) is 31.7 Å². The fraction of sp³-hybridized carbons (Fsp3) is 0.500. The topological polar surface area (TPSA) is 20.3 Å². The summed E-state index contributed by atoms with van der Waals surface area (Å²) in [5.74, 6) is -1.78. The second-order valence-electron chi connectivity index (χ2n) is 5.23. The van der Waals surface area contributed by atoms with E-state index in [2.05, 4.69) is 0 Å². The molecule has 1 aromatic rings. The molecule has 0 aromatic heterocycles. The van der Waals surface area contributed by atoms with Gasteiger partial charge in [0, 0.05) is 12.6 Å². The Hall–Kier alpha value is -1.45. The largest absolute Gasteiger partial charge is 0.335 e. The zero-order chi connectivity index (χ0) is 12.7. The van der Waals surface area contributed by atoms with Crippen LogP contribution >= 0.6 is 0 Å². The zero-order valence-corrected chi connectivity index (χ0v) is 10.0.